The molecule has 1 aliphatic rings. The second-order valence-corrected chi connectivity index (χ2v) is 3.70. The number of aromatic nitrogens is 3. The lowest BCUT2D eigenvalue weighted by Crippen LogP contribution is -2.08. The molecule has 3 heterocycles. The lowest BCUT2D eigenvalue weighted by atomic mass is 10.0. The van der Waals surface area contributed by atoms with Crippen molar-refractivity contribution in [1.82, 2.24) is 20.5 Å². The molecule has 2 aromatic rings. The third kappa shape index (κ3) is 1.11. The zero-order valence-electron chi connectivity index (χ0n) is 7.83. The van der Waals surface area contributed by atoms with Gasteiger partial charge in [0.2, 0.25) is 0 Å². The molecule has 0 unspecified atom stereocenters. The van der Waals surface area contributed by atoms with Crippen molar-refractivity contribution in [2.24, 2.45) is 0 Å². The van der Waals surface area contributed by atoms with Crippen LogP contribution in [-0.4, -0.2) is 28.3 Å². The molecule has 1 saturated heterocycles. The fourth-order valence-corrected chi connectivity index (χ4v) is 2.08. The second kappa shape index (κ2) is 3.06. The van der Waals surface area contributed by atoms with E-state index >= 15 is 0 Å². The van der Waals surface area contributed by atoms with Crippen LogP contribution in [0.15, 0.2) is 18.3 Å². The Labute approximate surface area is 81.7 Å². The summed E-state index contributed by atoms with van der Waals surface area (Å²) in [5.74, 6) is 0.573. The molecule has 0 spiro atoms. The van der Waals surface area contributed by atoms with Gasteiger partial charge in [-0.05, 0) is 25.1 Å². The number of aromatic amines is 1. The number of pyridine rings is 1. The highest BCUT2D eigenvalue weighted by atomic mass is 15.2. The summed E-state index contributed by atoms with van der Waals surface area (Å²) < 4.78 is 0. The van der Waals surface area contributed by atoms with E-state index in [0.717, 1.165) is 18.7 Å². The summed E-state index contributed by atoms with van der Waals surface area (Å²) in [6.07, 6.45) is 2.96. The molecule has 0 amide bonds. The molecule has 1 atom stereocenters. The molecule has 4 nitrogen and oxygen atoms in total. The Kier molecular flexibility index (Phi) is 1.73. The summed E-state index contributed by atoms with van der Waals surface area (Å²) in [6, 6.07) is 4.04. The van der Waals surface area contributed by atoms with Crippen LogP contribution in [-0.2, 0) is 0 Å². The maximum atomic E-state index is 4.21. The Bertz CT molecular complexity index is 442. The van der Waals surface area contributed by atoms with E-state index in [-0.39, 0.29) is 0 Å². The van der Waals surface area contributed by atoms with Gasteiger partial charge in [-0.25, -0.2) is 4.98 Å². The first kappa shape index (κ1) is 7.94. The molecule has 2 aromatic heterocycles. The average Bonchev–Trinajstić information content (AvgIpc) is 2.85. The monoisotopic (exact) mass is 188 g/mol. The van der Waals surface area contributed by atoms with Crippen LogP contribution in [0, 0.1) is 0 Å². The Balaban J connectivity index is 2.11. The van der Waals surface area contributed by atoms with Crippen LogP contribution in [0.1, 0.15) is 18.0 Å². The largest absolute Gasteiger partial charge is 0.316 e. The van der Waals surface area contributed by atoms with Crippen molar-refractivity contribution in [1.29, 1.82) is 0 Å². The van der Waals surface area contributed by atoms with Crippen LogP contribution in [0.25, 0.3) is 11.0 Å². The first-order valence-corrected chi connectivity index (χ1v) is 4.95. The topological polar surface area (TPSA) is 53.6 Å². The molecule has 0 radical (unpaired) electrons. The predicted molar refractivity (Wildman–Crippen MR) is 54.1 cm³/mol. The van der Waals surface area contributed by atoms with Crippen LogP contribution in [0.4, 0.5) is 0 Å². The lowest BCUT2D eigenvalue weighted by molar-refractivity contribution is 0.734. The third-order valence-electron chi connectivity index (χ3n) is 2.83. The van der Waals surface area contributed by atoms with E-state index in [1.54, 1.807) is 6.20 Å². The molecule has 1 fully saturated rings. The van der Waals surface area contributed by atoms with E-state index in [1.807, 2.05) is 6.07 Å². The summed E-state index contributed by atoms with van der Waals surface area (Å²) >= 11 is 0. The first-order chi connectivity index (χ1) is 6.95. The quantitative estimate of drug-likeness (QED) is 0.703. The van der Waals surface area contributed by atoms with Crippen molar-refractivity contribution in [2.75, 3.05) is 13.1 Å². The smallest absolute Gasteiger partial charge is 0.181 e. The van der Waals surface area contributed by atoms with Gasteiger partial charge in [0.1, 0.15) is 0 Å². The summed E-state index contributed by atoms with van der Waals surface area (Å²) in [7, 11) is 0. The van der Waals surface area contributed by atoms with Crippen molar-refractivity contribution < 1.29 is 0 Å². The molecular formula is C10H12N4. The van der Waals surface area contributed by atoms with Gasteiger partial charge >= 0.3 is 0 Å². The van der Waals surface area contributed by atoms with Crippen LogP contribution >= 0.6 is 0 Å². The fraction of sp³-hybridized carbons (Fsp3) is 0.400. The van der Waals surface area contributed by atoms with E-state index in [0.29, 0.717) is 5.92 Å². The predicted octanol–water partition coefficient (Wildman–Crippen LogP) is 1.03. The zero-order valence-corrected chi connectivity index (χ0v) is 7.83. The van der Waals surface area contributed by atoms with E-state index in [9.17, 15) is 0 Å². The zero-order chi connectivity index (χ0) is 9.38. The Morgan fingerprint density at radius 1 is 1.43 bits per heavy atom. The van der Waals surface area contributed by atoms with Gasteiger partial charge in [-0.15, -0.1) is 0 Å². The number of nitrogens with zero attached hydrogens (tertiary/aromatic N) is 2. The highest BCUT2D eigenvalue weighted by Gasteiger charge is 2.20. The number of hydrogen-bond acceptors (Lipinski definition) is 3. The summed E-state index contributed by atoms with van der Waals surface area (Å²) in [5.41, 5.74) is 2.06. The Hall–Kier alpha value is -1.42. The van der Waals surface area contributed by atoms with Crippen LogP contribution in [0.2, 0.25) is 0 Å². The van der Waals surface area contributed by atoms with E-state index in [4.69, 9.17) is 0 Å². The molecular weight excluding hydrogens is 176 g/mol. The first-order valence-electron chi connectivity index (χ1n) is 4.95. The Morgan fingerprint density at radius 2 is 2.43 bits per heavy atom. The van der Waals surface area contributed by atoms with Gasteiger partial charge in [0.05, 0.1) is 0 Å². The molecule has 3 rings (SSSR count). The minimum absolute atomic E-state index is 0.573. The molecule has 4 heteroatoms. The normalized spacial score (nSPS) is 21.9. The number of fused-ring (bicyclic) bond motifs is 1. The molecule has 1 aliphatic heterocycles. The van der Waals surface area contributed by atoms with Gasteiger partial charge in [0, 0.05) is 29.7 Å². The molecule has 2 N–H and O–H groups in total. The maximum Gasteiger partial charge on any atom is 0.181 e. The molecule has 0 aromatic carbocycles. The fourth-order valence-electron chi connectivity index (χ4n) is 2.08. The average molecular weight is 188 g/mol. The molecule has 0 bridgehead atoms. The highest BCUT2D eigenvalue weighted by molar-refractivity contribution is 5.77. The van der Waals surface area contributed by atoms with E-state index in [1.165, 1.54) is 17.5 Å². The highest BCUT2D eigenvalue weighted by Crippen LogP contribution is 2.26. The number of rotatable bonds is 1. The van der Waals surface area contributed by atoms with Gasteiger partial charge < -0.3 is 5.32 Å². The number of nitrogens with one attached hydrogen (secondary N) is 2. The van der Waals surface area contributed by atoms with Crippen molar-refractivity contribution in [3.8, 4) is 0 Å². The minimum atomic E-state index is 0.573. The number of H-pyrrole nitrogens is 1. The van der Waals surface area contributed by atoms with E-state index < -0.39 is 0 Å². The second-order valence-electron chi connectivity index (χ2n) is 3.70. The van der Waals surface area contributed by atoms with Crippen molar-refractivity contribution in [2.45, 2.75) is 12.3 Å². The standard InChI is InChI=1S/C10H12N4/c1-2-8-9(7-3-5-11-6-7)13-14-10(8)12-4-1/h1-2,4,7,11H,3,5-6H2,(H,12,13,14)/t7-/m1/s1. The van der Waals surface area contributed by atoms with Gasteiger partial charge in [-0.3, -0.25) is 5.10 Å². The van der Waals surface area contributed by atoms with Gasteiger partial charge in [-0.2, -0.15) is 5.10 Å². The minimum Gasteiger partial charge on any atom is -0.316 e. The van der Waals surface area contributed by atoms with Crippen LogP contribution < -0.4 is 5.32 Å². The van der Waals surface area contributed by atoms with Gasteiger partial charge in [0.15, 0.2) is 5.65 Å². The maximum absolute atomic E-state index is 4.21. The van der Waals surface area contributed by atoms with Crippen LogP contribution in [0.5, 0.6) is 0 Å². The molecule has 0 saturated carbocycles. The van der Waals surface area contributed by atoms with Crippen molar-refractivity contribution in [3.63, 3.8) is 0 Å². The third-order valence-corrected chi connectivity index (χ3v) is 2.83. The van der Waals surface area contributed by atoms with Crippen molar-refractivity contribution >= 4 is 11.0 Å². The van der Waals surface area contributed by atoms with Gasteiger partial charge in [-0.1, -0.05) is 0 Å². The van der Waals surface area contributed by atoms with E-state index in [2.05, 4.69) is 26.6 Å². The SMILES string of the molecule is c1cnc2n[nH]c([C@@H]3CCNC3)c2c1. The lowest BCUT2D eigenvalue weighted by Gasteiger charge is -2.04. The molecule has 72 valence electrons. The molecule has 14 heavy (non-hydrogen) atoms. The summed E-state index contributed by atoms with van der Waals surface area (Å²) in [4.78, 5) is 4.21. The number of hydrogen-bond donors (Lipinski definition) is 2. The summed E-state index contributed by atoms with van der Waals surface area (Å²) in [6.45, 7) is 2.15. The Morgan fingerprint density at radius 3 is 3.29 bits per heavy atom. The van der Waals surface area contributed by atoms with Crippen LogP contribution in [0.3, 0.4) is 0 Å². The van der Waals surface area contributed by atoms with Crippen molar-refractivity contribution in [3.05, 3.63) is 24.0 Å². The summed E-state index contributed by atoms with van der Waals surface area (Å²) in [5, 5.41) is 11.8. The van der Waals surface area contributed by atoms with Gasteiger partial charge in [0.25, 0.3) is 0 Å². The molecule has 0 aliphatic carbocycles.